The Hall–Kier alpha value is -2.34. The molecule has 0 amide bonds. The van der Waals surface area contributed by atoms with E-state index in [2.05, 4.69) is 6.58 Å². The van der Waals surface area contributed by atoms with E-state index in [1.165, 1.54) is 25.1 Å². The van der Waals surface area contributed by atoms with E-state index in [1.54, 1.807) is 12.1 Å². The van der Waals surface area contributed by atoms with Gasteiger partial charge in [0, 0.05) is 5.56 Å². The van der Waals surface area contributed by atoms with Crippen molar-refractivity contribution < 1.29 is 27.0 Å². The summed E-state index contributed by atoms with van der Waals surface area (Å²) < 4.78 is 67.8. The van der Waals surface area contributed by atoms with Crippen LogP contribution in [0.1, 0.15) is 61.1 Å². The second kappa shape index (κ2) is 10.8. The molecule has 1 fully saturated rings. The topological polar surface area (TPSA) is 18.5 Å². The summed E-state index contributed by atoms with van der Waals surface area (Å²) in [5, 5.41) is 0. The molecule has 168 valence electrons. The molecule has 1 aliphatic carbocycles. The summed E-state index contributed by atoms with van der Waals surface area (Å²) in [5.74, 6) is -3.73. The maximum Gasteiger partial charge on any atom is 0.200 e. The number of allylic oxidation sites excluding steroid dienone is 1. The molecule has 31 heavy (non-hydrogen) atoms. The first kappa shape index (κ1) is 23.3. The summed E-state index contributed by atoms with van der Waals surface area (Å²) >= 11 is 0. The van der Waals surface area contributed by atoms with E-state index in [9.17, 15) is 17.6 Å². The van der Waals surface area contributed by atoms with Crippen LogP contribution in [0.3, 0.4) is 0 Å². The van der Waals surface area contributed by atoms with E-state index < -0.39 is 23.3 Å². The van der Waals surface area contributed by atoms with Crippen molar-refractivity contribution in [3.05, 3.63) is 76.9 Å². The Kier molecular flexibility index (Phi) is 8.13. The first-order valence-corrected chi connectivity index (χ1v) is 10.7. The molecule has 2 aromatic rings. The van der Waals surface area contributed by atoms with Gasteiger partial charge in [-0.1, -0.05) is 24.3 Å². The van der Waals surface area contributed by atoms with Crippen LogP contribution in [0.25, 0.3) is 0 Å². The van der Waals surface area contributed by atoms with Gasteiger partial charge in [-0.2, -0.15) is 4.39 Å². The van der Waals surface area contributed by atoms with E-state index in [0.717, 1.165) is 6.42 Å². The zero-order valence-electron chi connectivity index (χ0n) is 17.7. The monoisotopic (exact) mass is 436 g/mol. The average molecular weight is 436 g/mol. The van der Waals surface area contributed by atoms with Gasteiger partial charge in [-0.3, -0.25) is 0 Å². The van der Waals surface area contributed by atoms with E-state index >= 15 is 0 Å². The molecule has 0 radical (unpaired) electrons. The molecule has 3 rings (SSSR count). The smallest absolute Gasteiger partial charge is 0.200 e. The molecule has 6 heteroatoms. The number of unbranched alkanes of at least 4 members (excludes halogenated alkanes) is 1. The molecule has 0 aromatic heterocycles. The third-order valence-electron chi connectivity index (χ3n) is 5.83. The van der Waals surface area contributed by atoms with Gasteiger partial charge in [0.15, 0.2) is 23.2 Å². The van der Waals surface area contributed by atoms with E-state index in [0.29, 0.717) is 44.3 Å². The molecule has 1 saturated carbocycles. The minimum Gasteiger partial charge on any atom is -0.490 e. The van der Waals surface area contributed by atoms with Gasteiger partial charge in [-0.25, -0.2) is 13.2 Å². The molecular weight excluding hydrogens is 408 g/mol. The van der Waals surface area contributed by atoms with Gasteiger partial charge in [0.1, 0.15) is 0 Å². The van der Waals surface area contributed by atoms with Crippen molar-refractivity contribution in [2.24, 2.45) is 0 Å². The van der Waals surface area contributed by atoms with Gasteiger partial charge in [0.05, 0.1) is 19.3 Å². The fourth-order valence-electron chi connectivity index (χ4n) is 3.93. The molecule has 0 N–H and O–H groups in total. The van der Waals surface area contributed by atoms with Gasteiger partial charge in [-0.15, -0.1) is 6.58 Å². The Labute approximate surface area is 180 Å². The third kappa shape index (κ3) is 5.67. The fraction of sp³-hybridized carbons (Fsp3) is 0.440. The maximum absolute atomic E-state index is 14.6. The Balaban J connectivity index is 1.54. The van der Waals surface area contributed by atoms with Crippen molar-refractivity contribution in [3.8, 4) is 5.75 Å². The minimum atomic E-state index is -0.952. The van der Waals surface area contributed by atoms with Crippen LogP contribution in [-0.2, 0) is 11.3 Å². The summed E-state index contributed by atoms with van der Waals surface area (Å²) in [5.41, 5.74) is 0.784. The van der Waals surface area contributed by atoms with Crippen LogP contribution < -0.4 is 4.74 Å². The van der Waals surface area contributed by atoms with Crippen molar-refractivity contribution in [1.82, 2.24) is 0 Å². The number of halogens is 4. The predicted octanol–water partition coefficient (Wildman–Crippen LogP) is 7.14. The summed E-state index contributed by atoms with van der Waals surface area (Å²) in [4.78, 5) is 0. The number of benzene rings is 2. The summed E-state index contributed by atoms with van der Waals surface area (Å²) in [6, 6.07) is 6.13. The first-order chi connectivity index (χ1) is 14.9. The van der Waals surface area contributed by atoms with Crippen LogP contribution >= 0.6 is 0 Å². The van der Waals surface area contributed by atoms with Gasteiger partial charge in [0.2, 0.25) is 5.82 Å². The Morgan fingerprint density at radius 1 is 0.935 bits per heavy atom. The van der Waals surface area contributed by atoms with Crippen LogP contribution in [0.2, 0.25) is 0 Å². The second-order valence-electron chi connectivity index (χ2n) is 8.01. The number of hydrogen-bond donors (Lipinski definition) is 0. The van der Waals surface area contributed by atoms with Crippen LogP contribution in [0.5, 0.6) is 5.75 Å². The van der Waals surface area contributed by atoms with Gasteiger partial charge < -0.3 is 9.47 Å². The number of rotatable bonds is 9. The predicted molar refractivity (Wildman–Crippen MR) is 112 cm³/mol. The van der Waals surface area contributed by atoms with Crippen LogP contribution in [0, 0.1) is 30.2 Å². The number of hydrogen-bond acceptors (Lipinski definition) is 2. The molecule has 0 heterocycles. The molecular formula is C25H28F4O2. The summed E-state index contributed by atoms with van der Waals surface area (Å²) in [6.45, 7) is 5.41. The van der Waals surface area contributed by atoms with Gasteiger partial charge in [0.25, 0.3) is 0 Å². The van der Waals surface area contributed by atoms with Crippen molar-refractivity contribution >= 4 is 0 Å². The molecule has 1 aliphatic rings. The Morgan fingerprint density at radius 3 is 2.39 bits per heavy atom. The molecule has 0 bridgehead atoms. The lowest BCUT2D eigenvalue weighted by Crippen LogP contribution is -2.21. The van der Waals surface area contributed by atoms with Crippen LogP contribution in [0.4, 0.5) is 17.6 Å². The highest BCUT2D eigenvalue weighted by Gasteiger charge is 2.27. The highest BCUT2D eigenvalue weighted by atomic mass is 19.2. The van der Waals surface area contributed by atoms with Gasteiger partial charge in [-0.05, 0) is 68.6 Å². The SMILES string of the molecule is C=CCCCOc1ccc(C2CCC(OCc3ccc(C)c(F)c3F)CC2)c(F)c1F. The molecule has 0 atom stereocenters. The average Bonchev–Trinajstić information content (AvgIpc) is 2.78. The zero-order valence-corrected chi connectivity index (χ0v) is 17.7. The normalized spacial score (nSPS) is 18.7. The molecule has 2 nitrogen and oxygen atoms in total. The largest absolute Gasteiger partial charge is 0.490 e. The maximum atomic E-state index is 14.6. The molecule has 2 aromatic carbocycles. The van der Waals surface area contributed by atoms with Gasteiger partial charge >= 0.3 is 0 Å². The first-order valence-electron chi connectivity index (χ1n) is 10.7. The molecule has 0 unspecified atom stereocenters. The summed E-state index contributed by atoms with van der Waals surface area (Å²) in [7, 11) is 0. The van der Waals surface area contributed by atoms with E-state index in [-0.39, 0.29) is 35.5 Å². The Morgan fingerprint density at radius 2 is 1.68 bits per heavy atom. The lowest BCUT2D eigenvalue weighted by molar-refractivity contribution is 0.0116. The molecule has 0 saturated heterocycles. The highest BCUT2D eigenvalue weighted by Crippen LogP contribution is 2.37. The lowest BCUT2D eigenvalue weighted by atomic mass is 9.82. The molecule has 0 spiro atoms. The van der Waals surface area contributed by atoms with Crippen LogP contribution in [0.15, 0.2) is 36.9 Å². The Bertz CT molecular complexity index is 905. The quantitative estimate of drug-likeness (QED) is 0.236. The fourth-order valence-corrected chi connectivity index (χ4v) is 3.93. The van der Waals surface area contributed by atoms with E-state index in [1.807, 2.05) is 0 Å². The standard InChI is InChI=1S/C25H28F4O2/c1-3-4-5-14-30-21-13-12-20(24(28)25(21)29)17-8-10-19(11-9-17)31-15-18-7-6-16(2)22(26)23(18)27/h3,6-7,12-13,17,19H,1,4-5,8-11,14-15H2,2H3. The zero-order chi connectivity index (χ0) is 22.4. The lowest BCUT2D eigenvalue weighted by Gasteiger charge is -2.29. The molecule has 0 aliphatic heterocycles. The van der Waals surface area contributed by atoms with Crippen molar-refractivity contribution in [1.29, 1.82) is 0 Å². The van der Waals surface area contributed by atoms with Crippen molar-refractivity contribution in [2.45, 2.75) is 64.1 Å². The number of ether oxygens (including phenoxy) is 2. The second-order valence-corrected chi connectivity index (χ2v) is 8.01. The van der Waals surface area contributed by atoms with Crippen molar-refractivity contribution in [3.63, 3.8) is 0 Å². The summed E-state index contributed by atoms with van der Waals surface area (Å²) in [6.07, 6.45) is 5.60. The third-order valence-corrected chi connectivity index (χ3v) is 5.83. The minimum absolute atomic E-state index is 0.0146. The number of aryl methyl sites for hydroxylation is 1. The van der Waals surface area contributed by atoms with Crippen LogP contribution in [-0.4, -0.2) is 12.7 Å². The highest BCUT2D eigenvalue weighted by molar-refractivity contribution is 5.33. The van der Waals surface area contributed by atoms with E-state index in [4.69, 9.17) is 9.47 Å². The van der Waals surface area contributed by atoms with Crippen molar-refractivity contribution in [2.75, 3.05) is 6.61 Å².